The number of hydrogen-bond donors (Lipinski definition) is 1. The van der Waals surface area contributed by atoms with E-state index in [2.05, 4.69) is 0 Å². The number of sulfonamides is 1. The predicted octanol–water partition coefficient (Wildman–Crippen LogP) is 2.75. The van der Waals surface area contributed by atoms with E-state index in [1.807, 2.05) is 0 Å². The van der Waals surface area contributed by atoms with E-state index in [9.17, 15) is 8.42 Å². The van der Waals surface area contributed by atoms with Crippen molar-refractivity contribution in [2.75, 3.05) is 6.54 Å². The average Bonchev–Trinajstić information content (AvgIpc) is 2.92. The predicted molar refractivity (Wildman–Crippen MR) is 83.6 cm³/mol. The Morgan fingerprint density at radius 2 is 2.00 bits per heavy atom. The van der Waals surface area contributed by atoms with Crippen LogP contribution >= 0.6 is 11.6 Å². The quantitative estimate of drug-likeness (QED) is 0.928. The Balaban J connectivity index is 1.93. The molecular formula is C15H21ClN2O2S. The van der Waals surface area contributed by atoms with Crippen LogP contribution in [0.15, 0.2) is 23.1 Å². The average molecular weight is 329 g/mol. The van der Waals surface area contributed by atoms with Crippen LogP contribution in [0.1, 0.15) is 37.7 Å². The molecule has 0 aromatic heterocycles. The van der Waals surface area contributed by atoms with Crippen LogP contribution < -0.4 is 5.73 Å². The molecule has 6 heteroatoms. The molecule has 21 heavy (non-hydrogen) atoms. The SMILES string of the molecule is NCc1cc(S(=O)(=O)N2CCC3CCCCC32)ccc1Cl. The first-order chi connectivity index (χ1) is 10.0. The highest BCUT2D eigenvalue weighted by Gasteiger charge is 2.42. The first-order valence-electron chi connectivity index (χ1n) is 7.54. The summed E-state index contributed by atoms with van der Waals surface area (Å²) in [7, 11) is -3.44. The Morgan fingerprint density at radius 1 is 1.24 bits per heavy atom. The Morgan fingerprint density at radius 3 is 2.76 bits per heavy atom. The number of nitrogens with zero attached hydrogens (tertiary/aromatic N) is 1. The second-order valence-electron chi connectivity index (χ2n) is 5.97. The highest BCUT2D eigenvalue weighted by molar-refractivity contribution is 7.89. The van der Waals surface area contributed by atoms with Crippen molar-refractivity contribution in [2.24, 2.45) is 11.7 Å². The molecule has 0 bridgehead atoms. The van der Waals surface area contributed by atoms with E-state index in [0.29, 0.717) is 27.9 Å². The molecule has 2 unspecified atom stereocenters. The van der Waals surface area contributed by atoms with Gasteiger partial charge in [0.2, 0.25) is 10.0 Å². The van der Waals surface area contributed by atoms with Crippen LogP contribution in [0.2, 0.25) is 5.02 Å². The number of benzene rings is 1. The van der Waals surface area contributed by atoms with Crippen molar-refractivity contribution in [3.63, 3.8) is 0 Å². The summed E-state index contributed by atoms with van der Waals surface area (Å²) < 4.78 is 27.5. The van der Waals surface area contributed by atoms with Gasteiger partial charge in [-0.1, -0.05) is 24.4 Å². The molecule has 2 aliphatic rings. The van der Waals surface area contributed by atoms with Crippen LogP contribution in [0, 0.1) is 5.92 Å². The topological polar surface area (TPSA) is 63.4 Å². The van der Waals surface area contributed by atoms with Gasteiger partial charge in [-0.25, -0.2) is 8.42 Å². The van der Waals surface area contributed by atoms with Crippen molar-refractivity contribution in [3.8, 4) is 0 Å². The van der Waals surface area contributed by atoms with Gasteiger partial charge in [-0.3, -0.25) is 0 Å². The molecule has 1 aromatic rings. The number of fused-ring (bicyclic) bond motifs is 1. The molecule has 0 radical (unpaired) electrons. The third-order valence-corrected chi connectivity index (χ3v) is 7.09. The van der Waals surface area contributed by atoms with Crippen molar-refractivity contribution >= 4 is 21.6 Å². The number of halogens is 1. The van der Waals surface area contributed by atoms with Crippen LogP contribution in [-0.2, 0) is 16.6 Å². The highest BCUT2D eigenvalue weighted by atomic mass is 35.5. The zero-order valence-corrected chi connectivity index (χ0v) is 13.5. The lowest BCUT2D eigenvalue weighted by molar-refractivity contribution is 0.260. The summed E-state index contributed by atoms with van der Waals surface area (Å²) >= 11 is 6.03. The molecular weight excluding hydrogens is 308 g/mol. The molecule has 1 aliphatic carbocycles. The molecule has 4 nitrogen and oxygen atoms in total. The van der Waals surface area contributed by atoms with Crippen LogP contribution in [0.4, 0.5) is 0 Å². The zero-order chi connectivity index (χ0) is 15.0. The molecule has 3 rings (SSSR count). The Kier molecular flexibility index (Phi) is 4.28. The fraction of sp³-hybridized carbons (Fsp3) is 0.600. The minimum absolute atomic E-state index is 0.181. The smallest absolute Gasteiger partial charge is 0.243 e. The number of hydrogen-bond acceptors (Lipinski definition) is 3. The van der Waals surface area contributed by atoms with Crippen molar-refractivity contribution < 1.29 is 8.42 Å². The van der Waals surface area contributed by atoms with E-state index in [4.69, 9.17) is 17.3 Å². The maximum atomic E-state index is 12.9. The molecule has 0 amide bonds. The van der Waals surface area contributed by atoms with Gasteiger partial charge in [-0.15, -0.1) is 0 Å². The molecule has 2 atom stereocenters. The largest absolute Gasteiger partial charge is 0.326 e. The van der Waals surface area contributed by atoms with Gasteiger partial charge in [-0.2, -0.15) is 4.31 Å². The maximum absolute atomic E-state index is 12.9. The maximum Gasteiger partial charge on any atom is 0.243 e. The van der Waals surface area contributed by atoms with E-state index in [-0.39, 0.29) is 12.6 Å². The molecule has 116 valence electrons. The van der Waals surface area contributed by atoms with Gasteiger partial charge in [0.05, 0.1) is 4.90 Å². The van der Waals surface area contributed by atoms with Gasteiger partial charge in [-0.05, 0) is 48.9 Å². The van der Waals surface area contributed by atoms with E-state index in [0.717, 1.165) is 25.7 Å². The second-order valence-corrected chi connectivity index (χ2v) is 8.27. The summed E-state index contributed by atoms with van der Waals surface area (Å²) in [5, 5.41) is 0.522. The van der Waals surface area contributed by atoms with Gasteiger partial charge < -0.3 is 5.73 Å². The first-order valence-corrected chi connectivity index (χ1v) is 9.36. The zero-order valence-electron chi connectivity index (χ0n) is 12.0. The van der Waals surface area contributed by atoms with Crippen LogP contribution in [0.25, 0.3) is 0 Å². The van der Waals surface area contributed by atoms with Crippen LogP contribution in [-0.4, -0.2) is 25.3 Å². The highest BCUT2D eigenvalue weighted by Crippen LogP contribution is 2.39. The summed E-state index contributed by atoms with van der Waals surface area (Å²) in [5.41, 5.74) is 6.31. The van der Waals surface area contributed by atoms with E-state index >= 15 is 0 Å². The molecule has 1 aliphatic heterocycles. The third-order valence-electron chi connectivity index (χ3n) is 4.80. The molecule has 1 heterocycles. The summed E-state index contributed by atoms with van der Waals surface area (Å²) in [4.78, 5) is 0.318. The number of rotatable bonds is 3. The van der Waals surface area contributed by atoms with Gasteiger partial charge in [0.1, 0.15) is 0 Å². The van der Waals surface area contributed by atoms with Crippen LogP contribution in [0.3, 0.4) is 0 Å². The lowest BCUT2D eigenvalue weighted by Gasteiger charge is -2.31. The minimum atomic E-state index is -3.44. The minimum Gasteiger partial charge on any atom is -0.326 e. The van der Waals surface area contributed by atoms with Crippen LogP contribution in [0.5, 0.6) is 0 Å². The fourth-order valence-corrected chi connectivity index (χ4v) is 5.64. The van der Waals surface area contributed by atoms with Gasteiger partial charge in [0.15, 0.2) is 0 Å². The molecule has 2 N–H and O–H groups in total. The van der Waals surface area contributed by atoms with Crippen molar-refractivity contribution in [3.05, 3.63) is 28.8 Å². The van der Waals surface area contributed by atoms with Gasteiger partial charge in [0.25, 0.3) is 0 Å². The first kappa shape index (κ1) is 15.3. The second kappa shape index (κ2) is 5.88. The van der Waals surface area contributed by atoms with E-state index in [1.165, 1.54) is 6.42 Å². The summed E-state index contributed by atoms with van der Waals surface area (Å²) in [6, 6.07) is 5.02. The Hall–Kier alpha value is -0.620. The Bertz CT molecular complexity index is 633. The normalized spacial score (nSPS) is 26.8. The Labute approximate surface area is 131 Å². The van der Waals surface area contributed by atoms with Crippen molar-refractivity contribution in [1.82, 2.24) is 4.31 Å². The van der Waals surface area contributed by atoms with E-state index < -0.39 is 10.0 Å². The molecule has 0 spiro atoms. The lowest BCUT2D eigenvalue weighted by atomic mass is 9.86. The monoisotopic (exact) mass is 328 g/mol. The number of nitrogens with two attached hydrogens (primary N) is 1. The summed E-state index contributed by atoms with van der Waals surface area (Å²) in [5.74, 6) is 0.537. The molecule has 1 saturated heterocycles. The molecule has 2 fully saturated rings. The summed E-state index contributed by atoms with van der Waals surface area (Å²) in [6.45, 7) is 0.881. The van der Waals surface area contributed by atoms with Gasteiger partial charge in [0, 0.05) is 24.2 Å². The van der Waals surface area contributed by atoms with Crippen molar-refractivity contribution in [2.45, 2.75) is 49.6 Å². The molecule has 1 saturated carbocycles. The fourth-order valence-electron chi connectivity index (χ4n) is 3.66. The van der Waals surface area contributed by atoms with E-state index in [1.54, 1.807) is 22.5 Å². The van der Waals surface area contributed by atoms with Gasteiger partial charge >= 0.3 is 0 Å². The lowest BCUT2D eigenvalue weighted by Crippen LogP contribution is -2.39. The third kappa shape index (κ3) is 2.72. The van der Waals surface area contributed by atoms with Crippen molar-refractivity contribution in [1.29, 1.82) is 0 Å². The summed E-state index contributed by atoms with van der Waals surface area (Å²) in [6.07, 6.45) is 5.49. The molecule has 1 aromatic carbocycles. The standard InChI is InChI=1S/C15H21ClN2O2S/c16-14-6-5-13(9-12(14)10-17)21(19,20)18-8-7-11-3-1-2-4-15(11)18/h5-6,9,11,15H,1-4,7-8,10,17H2.